The van der Waals surface area contributed by atoms with Gasteiger partial charge in [0.1, 0.15) is 5.60 Å². The predicted octanol–water partition coefficient (Wildman–Crippen LogP) is 3.05. The monoisotopic (exact) mass is 290 g/mol. The first kappa shape index (κ1) is 15.8. The quantitative estimate of drug-likeness (QED) is 0.865. The summed E-state index contributed by atoms with van der Waals surface area (Å²) in [6.45, 7) is 8.96. The highest BCUT2D eigenvalue weighted by atomic mass is 16.6. The van der Waals surface area contributed by atoms with E-state index in [1.54, 1.807) is 4.90 Å². The summed E-state index contributed by atoms with van der Waals surface area (Å²) in [5.41, 5.74) is 8.14. The van der Waals surface area contributed by atoms with E-state index in [9.17, 15) is 4.79 Å². The lowest BCUT2D eigenvalue weighted by molar-refractivity contribution is 0.0181. The van der Waals surface area contributed by atoms with E-state index in [4.69, 9.17) is 10.5 Å². The fourth-order valence-corrected chi connectivity index (χ4v) is 2.69. The standard InChI is InChI=1S/C17H26N2O2/c1-12-5-7-13(8-6-12)14-9-15(18)11-19(10-14)16(20)21-17(2,3)4/h5-8,14-15H,9-11,18H2,1-4H3/t14-,15+/m0/s1. The van der Waals surface area contributed by atoms with Crippen LogP contribution in [0, 0.1) is 6.92 Å². The molecule has 21 heavy (non-hydrogen) atoms. The number of carbonyl (C=O) groups is 1. The van der Waals surface area contributed by atoms with Gasteiger partial charge in [-0.15, -0.1) is 0 Å². The summed E-state index contributed by atoms with van der Waals surface area (Å²) < 4.78 is 5.46. The first-order valence-electron chi connectivity index (χ1n) is 7.54. The molecule has 1 aliphatic rings. The van der Waals surface area contributed by atoms with Gasteiger partial charge in [0, 0.05) is 25.0 Å². The van der Waals surface area contributed by atoms with Crippen molar-refractivity contribution < 1.29 is 9.53 Å². The Labute approximate surface area is 127 Å². The van der Waals surface area contributed by atoms with Crippen LogP contribution >= 0.6 is 0 Å². The summed E-state index contributed by atoms with van der Waals surface area (Å²) in [6, 6.07) is 8.47. The van der Waals surface area contributed by atoms with Gasteiger partial charge in [-0.1, -0.05) is 29.8 Å². The predicted molar refractivity (Wildman–Crippen MR) is 84.3 cm³/mol. The Morgan fingerprint density at radius 2 is 1.86 bits per heavy atom. The molecule has 2 rings (SSSR count). The van der Waals surface area contributed by atoms with Crippen molar-refractivity contribution in [2.24, 2.45) is 5.73 Å². The maximum atomic E-state index is 12.2. The topological polar surface area (TPSA) is 55.6 Å². The SMILES string of the molecule is Cc1ccc([C@H]2C[C@@H](N)CN(C(=O)OC(C)(C)C)C2)cc1. The van der Waals surface area contributed by atoms with Gasteiger partial charge in [0.15, 0.2) is 0 Å². The molecule has 116 valence electrons. The van der Waals surface area contributed by atoms with Crippen LogP contribution in [0.2, 0.25) is 0 Å². The molecule has 4 nitrogen and oxygen atoms in total. The highest BCUT2D eigenvalue weighted by molar-refractivity contribution is 5.68. The van der Waals surface area contributed by atoms with Gasteiger partial charge in [-0.05, 0) is 39.7 Å². The molecular weight excluding hydrogens is 264 g/mol. The summed E-state index contributed by atoms with van der Waals surface area (Å²) in [7, 11) is 0. The highest BCUT2D eigenvalue weighted by Gasteiger charge is 2.31. The van der Waals surface area contributed by atoms with Crippen LogP contribution in [0.4, 0.5) is 4.79 Å². The Balaban J connectivity index is 2.08. The van der Waals surface area contributed by atoms with Crippen LogP contribution < -0.4 is 5.73 Å². The Kier molecular flexibility index (Phi) is 4.57. The number of hydrogen-bond donors (Lipinski definition) is 1. The van der Waals surface area contributed by atoms with Gasteiger partial charge in [-0.2, -0.15) is 0 Å². The first-order valence-corrected chi connectivity index (χ1v) is 7.54. The number of benzene rings is 1. The van der Waals surface area contributed by atoms with Crippen molar-refractivity contribution in [3.8, 4) is 0 Å². The van der Waals surface area contributed by atoms with E-state index in [2.05, 4.69) is 31.2 Å². The van der Waals surface area contributed by atoms with E-state index in [0.29, 0.717) is 13.1 Å². The minimum absolute atomic E-state index is 0.00225. The molecule has 1 aliphatic heterocycles. The van der Waals surface area contributed by atoms with Gasteiger partial charge in [0.2, 0.25) is 0 Å². The van der Waals surface area contributed by atoms with Crippen molar-refractivity contribution in [3.63, 3.8) is 0 Å². The average Bonchev–Trinajstić information content (AvgIpc) is 2.36. The molecule has 0 aromatic heterocycles. The van der Waals surface area contributed by atoms with Crippen LogP contribution in [0.1, 0.15) is 44.2 Å². The molecule has 0 unspecified atom stereocenters. The Bertz CT molecular complexity index is 491. The van der Waals surface area contributed by atoms with E-state index < -0.39 is 5.60 Å². The normalized spacial score (nSPS) is 23.0. The minimum atomic E-state index is -0.474. The number of amides is 1. The molecule has 0 bridgehead atoms. The van der Waals surface area contributed by atoms with Crippen molar-refractivity contribution >= 4 is 6.09 Å². The molecule has 2 N–H and O–H groups in total. The zero-order valence-electron chi connectivity index (χ0n) is 13.4. The molecule has 4 heteroatoms. The second-order valence-corrected chi connectivity index (χ2v) is 6.99. The third-order valence-electron chi connectivity index (χ3n) is 3.68. The Morgan fingerprint density at radius 3 is 2.43 bits per heavy atom. The van der Waals surface area contributed by atoms with Crippen molar-refractivity contribution in [1.82, 2.24) is 4.90 Å². The smallest absolute Gasteiger partial charge is 0.410 e. The largest absolute Gasteiger partial charge is 0.444 e. The fraction of sp³-hybridized carbons (Fsp3) is 0.588. The Hall–Kier alpha value is -1.55. The number of likely N-dealkylation sites (tertiary alicyclic amines) is 1. The van der Waals surface area contributed by atoms with Crippen LogP contribution in [-0.2, 0) is 4.74 Å². The molecule has 1 saturated heterocycles. The average molecular weight is 290 g/mol. The molecule has 1 aromatic rings. The molecule has 0 radical (unpaired) electrons. The van der Waals surface area contributed by atoms with Gasteiger partial charge in [-0.3, -0.25) is 0 Å². The lowest BCUT2D eigenvalue weighted by atomic mass is 9.88. The second kappa shape index (κ2) is 6.06. The number of hydrogen-bond acceptors (Lipinski definition) is 3. The Morgan fingerprint density at radius 1 is 1.24 bits per heavy atom. The number of piperidine rings is 1. The molecule has 1 aromatic carbocycles. The number of aryl methyl sites for hydroxylation is 1. The van der Waals surface area contributed by atoms with Crippen LogP contribution in [0.3, 0.4) is 0 Å². The number of ether oxygens (including phenoxy) is 1. The molecule has 0 saturated carbocycles. The van der Waals surface area contributed by atoms with Crippen molar-refractivity contribution in [2.45, 2.75) is 51.7 Å². The summed E-state index contributed by atoms with van der Waals surface area (Å²) >= 11 is 0. The second-order valence-electron chi connectivity index (χ2n) is 6.99. The zero-order valence-corrected chi connectivity index (χ0v) is 13.4. The van der Waals surface area contributed by atoms with E-state index in [0.717, 1.165) is 6.42 Å². The summed E-state index contributed by atoms with van der Waals surface area (Å²) in [5, 5.41) is 0. The van der Waals surface area contributed by atoms with Crippen LogP contribution in [0.25, 0.3) is 0 Å². The van der Waals surface area contributed by atoms with E-state index in [1.807, 2.05) is 20.8 Å². The van der Waals surface area contributed by atoms with Crippen molar-refractivity contribution in [2.75, 3.05) is 13.1 Å². The molecule has 1 fully saturated rings. The maximum Gasteiger partial charge on any atom is 0.410 e. The third kappa shape index (κ3) is 4.46. The molecule has 1 heterocycles. The van der Waals surface area contributed by atoms with Gasteiger partial charge < -0.3 is 15.4 Å². The fourth-order valence-electron chi connectivity index (χ4n) is 2.69. The summed E-state index contributed by atoms with van der Waals surface area (Å²) in [4.78, 5) is 14.0. The number of rotatable bonds is 1. The van der Waals surface area contributed by atoms with Crippen LogP contribution in [-0.4, -0.2) is 35.7 Å². The number of nitrogens with zero attached hydrogens (tertiary/aromatic N) is 1. The minimum Gasteiger partial charge on any atom is -0.444 e. The summed E-state index contributed by atoms with van der Waals surface area (Å²) in [6.07, 6.45) is 0.636. The van der Waals surface area contributed by atoms with Gasteiger partial charge in [0.25, 0.3) is 0 Å². The molecule has 0 spiro atoms. The molecular formula is C17H26N2O2. The van der Waals surface area contributed by atoms with E-state index in [1.165, 1.54) is 11.1 Å². The molecule has 1 amide bonds. The van der Waals surface area contributed by atoms with Crippen molar-refractivity contribution in [3.05, 3.63) is 35.4 Å². The maximum absolute atomic E-state index is 12.2. The highest BCUT2D eigenvalue weighted by Crippen LogP contribution is 2.27. The molecule has 2 atom stereocenters. The number of nitrogens with two attached hydrogens (primary N) is 1. The molecule has 0 aliphatic carbocycles. The van der Waals surface area contributed by atoms with Gasteiger partial charge >= 0.3 is 6.09 Å². The van der Waals surface area contributed by atoms with Crippen LogP contribution in [0.15, 0.2) is 24.3 Å². The summed E-state index contributed by atoms with van der Waals surface area (Å²) in [5.74, 6) is 0.280. The van der Waals surface area contributed by atoms with Gasteiger partial charge in [0.05, 0.1) is 0 Å². The lowest BCUT2D eigenvalue weighted by Crippen LogP contribution is -2.50. The number of carbonyl (C=O) groups excluding carboxylic acids is 1. The van der Waals surface area contributed by atoms with E-state index >= 15 is 0 Å². The first-order chi connectivity index (χ1) is 9.74. The lowest BCUT2D eigenvalue weighted by Gasteiger charge is -2.37. The zero-order chi connectivity index (χ0) is 15.6. The van der Waals surface area contributed by atoms with Crippen molar-refractivity contribution in [1.29, 1.82) is 0 Å². The van der Waals surface area contributed by atoms with E-state index in [-0.39, 0.29) is 18.1 Å². The third-order valence-corrected chi connectivity index (χ3v) is 3.68. The van der Waals surface area contributed by atoms with Crippen LogP contribution in [0.5, 0.6) is 0 Å². The van der Waals surface area contributed by atoms with Gasteiger partial charge in [-0.25, -0.2) is 4.79 Å².